The van der Waals surface area contributed by atoms with Crippen molar-refractivity contribution in [2.75, 3.05) is 13.2 Å². The van der Waals surface area contributed by atoms with Crippen molar-refractivity contribution in [2.45, 2.75) is 33.1 Å². The fourth-order valence-corrected chi connectivity index (χ4v) is 2.09. The summed E-state index contributed by atoms with van der Waals surface area (Å²) in [6.07, 6.45) is 3.57. The van der Waals surface area contributed by atoms with Crippen LogP contribution in [0.5, 0.6) is 0 Å². The van der Waals surface area contributed by atoms with E-state index in [1.54, 1.807) is 0 Å². The molecule has 90 valence electrons. The van der Waals surface area contributed by atoms with Crippen LogP contribution in [0.4, 0.5) is 0 Å². The molecular formula is C11H19NO3U. The molecule has 0 saturated heterocycles. The molecular weight excluding hydrogens is 432 g/mol. The minimum absolute atomic E-state index is 0. The summed E-state index contributed by atoms with van der Waals surface area (Å²) in [6, 6.07) is 0. The minimum Gasteiger partial charge on any atom is -0.575 e. The third-order valence-corrected chi connectivity index (χ3v) is 3.30. The largest absolute Gasteiger partial charge is 2.00 e. The molecule has 5 heteroatoms. The Hall–Kier alpha value is 0.412. The van der Waals surface area contributed by atoms with Crippen molar-refractivity contribution in [3.05, 3.63) is 23.1 Å². The number of nitrogens with zero attached hydrogens (tertiary/aromatic N) is 1. The van der Waals surface area contributed by atoms with Crippen molar-refractivity contribution in [1.29, 1.82) is 0 Å². The third kappa shape index (κ3) is 4.73. The zero-order valence-corrected chi connectivity index (χ0v) is 14.2. The molecule has 1 saturated carbocycles. The van der Waals surface area contributed by atoms with Gasteiger partial charge in [-0.05, 0) is 5.41 Å². The van der Waals surface area contributed by atoms with E-state index >= 15 is 0 Å². The molecule has 1 unspecified atom stereocenters. The van der Waals surface area contributed by atoms with Crippen LogP contribution in [0.3, 0.4) is 0 Å². The van der Waals surface area contributed by atoms with E-state index in [1.807, 2.05) is 0 Å². The second-order valence-electron chi connectivity index (χ2n) is 4.79. The van der Waals surface area contributed by atoms with Gasteiger partial charge in [-0.1, -0.05) is 20.3 Å². The van der Waals surface area contributed by atoms with Gasteiger partial charge in [-0.25, -0.2) is 0 Å². The summed E-state index contributed by atoms with van der Waals surface area (Å²) in [7, 11) is 0. The standard InChI is InChI=1S/C11H19NO3.U/c1-4-15-10-5-6-11(2,3)9(7-10)8-12(13)14;/h9H,1,4-8H2,2-3H3;/q-2;+2. The van der Waals surface area contributed by atoms with E-state index in [0.29, 0.717) is 13.0 Å². The van der Waals surface area contributed by atoms with E-state index in [-0.39, 0.29) is 53.9 Å². The topological polar surface area (TPSA) is 52.4 Å². The molecule has 0 N–H and O–H groups in total. The van der Waals surface area contributed by atoms with Crippen LogP contribution in [0.15, 0.2) is 0 Å². The van der Waals surface area contributed by atoms with Gasteiger partial charge in [0.1, 0.15) is 0 Å². The first kappa shape index (κ1) is 16.4. The molecule has 0 aliphatic heterocycles. The normalized spacial score (nSPS) is 24.8. The Morgan fingerprint density at radius 3 is 2.75 bits per heavy atom. The van der Waals surface area contributed by atoms with Gasteiger partial charge in [0.2, 0.25) is 6.54 Å². The van der Waals surface area contributed by atoms with Gasteiger partial charge in [-0.2, -0.15) is 12.5 Å². The van der Waals surface area contributed by atoms with E-state index in [1.165, 1.54) is 0 Å². The molecule has 16 heavy (non-hydrogen) atoms. The molecule has 0 aromatic rings. The van der Waals surface area contributed by atoms with E-state index in [0.717, 1.165) is 18.9 Å². The van der Waals surface area contributed by atoms with Crippen molar-refractivity contribution < 1.29 is 40.8 Å². The predicted octanol–water partition coefficient (Wildman–Crippen LogP) is 2.47. The third-order valence-electron chi connectivity index (χ3n) is 3.30. The molecule has 0 aromatic heterocycles. The molecule has 0 aromatic carbocycles. The molecule has 1 aliphatic carbocycles. The Labute approximate surface area is 121 Å². The van der Waals surface area contributed by atoms with E-state index in [9.17, 15) is 10.1 Å². The number of hydrogen-bond donors (Lipinski definition) is 0. The molecule has 0 amide bonds. The molecule has 4 nitrogen and oxygen atoms in total. The average Bonchev–Trinajstić information content (AvgIpc) is 2.11. The summed E-state index contributed by atoms with van der Waals surface area (Å²) < 4.78 is 5.37. The first-order valence-electron chi connectivity index (χ1n) is 5.34. The fourth-order valence-electron chi connectivity index (χ4n) is 2.09. The second kappa shape index (κ2) is 6.98. The predicted molar refractivity (Wildman–Crippen MR) is 57.5 cm³/mol. The van der Waals surface area contributed by atoms with Gasteiger partial charge < -0.3 is 11.7 Å². The van der Waals surface area contributed by atoms with Crippen LogP contribution < -0.4 is 0 Å². The van der Waals surface area contributed by atoms with Gasteiger partial charge in [-0.3, -0.25) is 10.1 Å². The zero-order valence-electron chi connectivity index (χ0n) is 9.99. The molecule has 1 rings (SSSR count). The first-order valence-corrected chi connectivity index (χ1v) is 5.34. The quantitative estimate of drug-likeness (QED) is 0.375. The van der Waals surface area contributed by atoms with Crippen LogP contribution in [0.1, 0.15) is 33.1 Å². The van der Waals surface area contributed by atoms with Crippen LogP contribution in [-0.2, 0) is 4.74 Å². The van der Waals surface area contributed by atoms with Crippen molar-refractivity contribution in [1.82, 2.24) is 0 Å². The summed E-state index contributed by atoms with van der Waals surface area (Å²) >= 11 is 0. The van der Waals surface area contributed by atoms with Gasteiger partial charge in [0.05, 0.1) is 0 Å². The molecule has 1 aliphatic rings. The molecule has 0 heterocycles. The smallest absolute Gasteiger partial charge is 0.575 e. The Kier molecular flexibility index (Phi) is 7.16. The maximum absolute atomic E-state index is 10.6. The number of hydrogen-bond acceptors (Lipinski definition) is 3. The monoisotopic (exact) mass is 451 g/mol. The van der Waals surface area contributed by atoms with Crippen LogP contribution in [0.25, 0.3) is 0 Å². The minimum atomic E-state index is -0.223. The van der Waals surface area contributed by atoms with E-state index < -0.39 is 0 Å². The summed E-state index contributed by atoms with van der Waals surface area (Å²) in [5.74, 6) is 0.0859. The number of nitro groups is 1. The van der Waals surface area contributed by atoms with Crippen molar-refractivity contribution >= 4 is 0 Å². The summed E-state index contributed by atoms with van der Waals surface area (Å²) in [5.41, 5.74) is 0.0428. The summed E-state index contributed by atoms with van der Waals surface area (Å²) in [6.45, 7) is 8.28. The average molecular weight is 451 g/mol. The van der Waals surface area contributed by atoms with Crippen LogP contribution in [0, 0.1) is 65.6 Å². The Morgan fingerprint density at radius 2 is 2.25 bits per heavy atom. The van der Waals surface area contributed by atoms with Gasteiger partial charge in [0.15, 0.2) is 0 Å². The van der Waals surface area contributed by atoms with Crippen LogP contribution in [-0.4, -0.2) is 18.1 Å². The van der Waals surface area contributed by atoms with Gasteiger partial charge >= 0.3 is 31.1 Å². The van der Waals surface area contributed by atoms with Crippen LogP contribution in [0.2, 0.25) is 0 Å². The maximum atomic E-state index is 10.6. The molecule has 1 atom stereocenters. The second-order valence-corrected chi connectivity index (χ2v) is 4.79. The van der Waals surface area contributed by atoms with E-state index in [4.69, 9.17) is 4.74 Å². The van der Waals surface area contributed by atoms with Gasteiger partial charge in [0.25, 0.3) is 0 Å². The molecule has 1 fully saturated rings. The Bertz CT molecular complexity index is 233. The summed E-state index contributed by atoms with van der Waals surface area (Å²) in [5, 5.41) is 10.6. The van der Waals surface area contributed by atoms with Gasteiger partial charge in [0, 0.05) is 10.8 Å². The summed E-state index contributed by atoms with van der Waals surface area (Å²) in [4.78, 5) is 10.3. The fraction of sp³-hybridized carbons (Fsp3) is 0.818. The van der Waals surface area contributed by atoms with Crippen molar-refractivity contribution in [3.8, 4) is 0 Å². The zero-order chi connectivity index (χ0) is 11.5. The number of ether oxygens (including phenoxy) is 1. The Balaban J connectivity index is 0.00000225. The Morgan fingerprint density at radius 1 is 1.62 bits per heavy atom. The first-order chi connectivity index (χ1) is 6.95. The molecule has 0 radical (unpaired) electrons. The number of rotatable bonds is 4. The maximum Gasteiger partial charge on any atom is 2.00 e. The molecule has 0 spiro atoms. The SMILES string of the molecule is [CH2-]CO[C-]1CCC(C)(C)C(C[N+](=O)[O-])C1.[U+2]. The molecule has 0 bridgehead atoms. The van der Waals surface area contributed by atoms with Gasteiger partial charge in [-0.15, -0.1) is 13.0 Å². The van der Waals surface area contributed by atoms with E-state index in [2.05, 4.69) is 20.8 Å². The van der Waals surface area contributed by atoms with Crippen LogP contribution >= 0.6 is 0 Å². The van der Waals surface area contributed by atoms with Crippen molar-refractivity contribution in [3.63, 3.8) is 0 Å². The van der Waals surface area contributed by atoms with Crippen molar-refractivity contribution in [2.24, 2.45) is 11.3 Å².